The first-order chi connectivity index (χ1) is 14.8. The molecule has 0 atom stereocenters. The molecule has 0 heterocycles. The second kappa shape index (κ2) is 16.2. The molecule has 0 unspecified atom stereocenters. The van der Waals surface area contributed by atoms with Gasteiger partial charge in [0.15, 0.2) is 11.5 Å². The first kappa shape index (κ1) is 28.6. The lowest BCUT2D eigenvalue weighted by molar-refractivity contribution is 0.262. The van der Waals surface area contributed by atoms with E-state index in [0.29, 0.717) is 0 Å². The van der Waals surface area contributed by atoms with Gasteiger partial charge in [0.25, 0.3) is 0 Å². The first-order valence-corrected chi connectivity index (χ1v) is 11.4. The molecule has 0 amide bonds. The fourth-order valence-electron chi connectivity index (χ4n) is 4.40. The summed E-state index contributed by atoms with van der Waals surface area (Å²) >= 11 is 0. The molecule has 0 aromatic heterocycles. The van der Waals surface area contributed by atoms with Crippen LogP contribution in [0.1, 0.15) is 36.8 Å². The summed E-state index contributed by atoms with van der Waals surface area (Å²) < 4.78 is 10.7. The van der Waals surface area contributed by atoms with Crippen LogP contribution in [-0.4, -0.2) is 40.4 Å². The van der Waals surface area contributed by atoms with Crippen LogP contribution < -0.4 is 20.1 Å². The minimum atomic E-state index is 0. The Morgan fingerprint density at radius 1 is 0.688 bits per heavy atom. The maximum Gasteiger partial charge on any atom is 0.160 e. The van der Waals surface area contributed by atoms with Gasteiger partial charge in [0.05, 0.1) is 14.2 Å². The van der Waals surface area contributed by atoms with E-state index in [1.807, 2.05) is 6.07 Å². The molecule has 2 aromatic rings. The molecule has 0 saturated heterocycles. The number of halogens is 2. The van der Waals surface area contributed by atoms with Gasteiger partial charge in [-0.3, -0.25) is 0 Å². The summed E-state index contributed by atoms with van der Waals surface area (Å²) in [5, 5.41) is 7.34. The van der Waals surface area contributed by atoms with E-state index in [1.165, 1.54) is 43.4 Å². The zero-order chi connectivity index (χ0) is 21.0. The molecular weight excluding hydrogens is 443 g/mol. The Labute approximate surface area is 206 Å². The Bertz CT molecular complexity index is 738. The van der Waals surface area contributed by atoms with Gasteiger partial charge in [-0.1, -0.05) is 36.4 Å². The summed E-state index contributed by atoms with van der Waals surface area (Å²) in [6, 6.07) is 17.0. The number of methoxy groups -OCH3 is 2. The smallest absolute Gasteiger partial charge is 0.160 e. The van der Waals surface area contributed by atoms with E-state index in [2.05, 4.69) is 53.1 Å². The summed E-state index contributed by atoms with van der Waals surface area (Å²) in [6.07, 6.45) is 7.57. The third-order valence-electron chi connectivity index (χ3n) is 6.30. The van der Waals surface area contributed by atoms with E-state index in [4.69, 9.17) is 9.47 Å². The summed E-state index contributed by atoms with van der Waals surface area (Å²) in [4.78, 5) is 0. The molecule has 6 heteroatoms. The van der Waals surface area contributed by atoms with Crippen molar-refractivity contribution in [2.75, 3.05) is 40.4 Å². The van der Waals surface area contributed by atoms with Crippen molar-refractivity contribution in [2.45, 2.75) is 38.5 Å². The van der Waals surface area contributed by atoms with Crippen molar-refractivity contribution >= 4 is 24.8 Å². The molecule has 0 spiro atoms. The molecule has 4 nitrogen and oxygen atoms in total. The lowest BCUT2D eigenvalue weighted by atomic mass is 9.82. The Morgan fingerprint density at radius 3 is 1.75 bits per heavy atom. The van der Waals surface area contributed by atoms with Gasteiger partial charge in [-0.2, -0.15) is 0 Å². The lowest BCUT2D eigenvalue weighted by Gasteiger charge is -2.29. The lowest BCUT2D eigenvalue weighted by Crippen LogP contribution is -2.31. The molecule has 3 rings (SSSR count). The predicted octanol–water partition coefficient (Wildman–Crippen LogP) is 5.32. The van der Waals surface area contributed by atoms with Crippen LogP contribution in [0, 0.1) is 11.8 Å². The summed E-state index contributed by atoms with van der Waals surface area (Å²) in [5.41, 5.74) is 2.71. The number of ether oxygens (including phenoxy) is 2. The van der Waals surface area contributed by atoms with Crippen molar-refractivity contribution in [3.8, 4) is 11.5 Å². The van der Waals surface area contributed by atoms with E-state index in [9.17, 15) is 0 Å². The van der Waals surface area contributed by atoms with Crippen molar-refractivity contribution in [1.82, 2.24) is 10.6 Å². The molecule has 180 valence electrons. The molecule has 2 N–H and O–H groups in total. The average Bonchev–Trinajstić information content (AvgIpc) is 2.81. The molecule has 1 saturated carbocycles. The Morgan fingerprint density at radius 2 is 1.22 bits per heavy atom. The fourth-order valence-corrected chi connectivity index (χ4v) is 4.40. The van der Waals surface area contributed by atoms with Crippen LogP contribution >= 0.6 is 24.8 Å². The summed E-state index contributed by atoms with van der Waals surface area (Å²) in [5.74, 6) is 3.28. The highest BCUT2D eigenvalue weighted by Crippen LogP contribution is 2.29. The molecule has 0 radical (unpaired) electrons. The SMILES string of the molecule is COc1ccc(CCNCC2CCC(CNCCc3ccccc3)CC2)cc1OC.Cl.Cl. The number of benzene rings is 2. The fraction of sp³-hybridized carbons (Fsp3) is 0.538. The summed E-state index contributed by atoms with van der Waals surface area (Å²) in [7, 11) is 3.36. The van der Waals surface area contributed by atoms with Gasteiger partial charge >= 0.3 is 0 Å². The van der Waals surface area contributed by atoms with Gasteiger partial charge in [-0.15, -0.1) is 24.8 Å². The molecule has 1 fully saturated rings. The maximum atomic E-state index is 5.40. The van der Waals surface area contributed by atoms with Crippen molar-refractivity contribution in [3.63, 3.8) is 0 Å². The Kier molecular flexibility index (Phi) is 14.5. The topological polar surface area (TPSA) is 42.5 Å². The minimum Gasteiger partial charge on any atom is -0.493 e. The Hall–Kier alpha value is -1.46. The van der Waals surface area contributed by atoms with E-state index >= 15 is 0 Å². The van der Waals surface area contributed by atoms with E-state index in [0.717, 1.165) is 55.8 Å². The second-order valence-corrected chi connectivity index (χ2v) is 8.47. The van der Waals surface area contributed by atoms with Crippen LogP contribution in [0.3, 0.4) is 0 Å². The highest BCUT2D eigenvalue weighted by atomic mass is 35.5. The van der Waals surface area contributed by atoms with E-state index in [1.54, 1.807) is 14.2 Å². The number of nitrogens with one attached hydrogen (secondary N) is 2. The van der Waals surface area contributed by atoms with Crippen LogP contribution in [0.2, 0.25) is 0 Å². The van der Waals surface area contributed by atoms with Crippen molar-refractivity contribution in [1.29, 1.82) is 0 Å². The van der Waals surface area contributed by atoms with Gasteiger partial charge in [0, 0.05) is 0 Å². The molecule has 32 heavy (non-hydrogen) atoms. The van der Waals surface area contributed by atoms with Crippen molar-refractivity contribution < 1.29 is 9.47 Å². The minimum absolute atomic E-state index is 0. The average molecular weight is 484 g/mol. The Balaban J connectivity index is 0.00000256. The van der Waals surface area contributed by atoms with Crippen LogP contribution in [0.5, 0.6) is 11.5 Å². The van der Waals surface area contributed by atoms with Crippen LogP contribution in [0.4, 0.5) is 0 Å². The molecule has 2 aromatic carbocycles. The third kappa shape index (κ3) is 9.58. The molecule has 0 aliphatic heterocycles. The molecule has 1 aliphatic rings. The molecule has 0 bridgehead atoms. The zero-order valence-corrected chi connectivity index (χ0v) is 21.1. The van der Waals surface area contributed by atoms with Crippen molar-refractivity contribution in [3.05, 3.63) is 59.7 Å². The standard InChI is InChI=1S/C26H38N2O2.2ClH/c1-29-25-13-12-22(18-26(25)30-2)15-17-28-20-24-10-8-23(9-11-24)19-27-16-14-21-6-4-3-5-7-21;;/h3-7,12-13,18,23-24,27-28H,8-11,14-17,19-20H2,1-2H3;2*1H. The third-order valence-corrected chi connectivity index (χ3v) is 6.30. The van der Waals surface area contributed by atoms with Gasteiger partial charge in [0.2, 0.25) is 0 Å². The maximum absolute atomic E-state index is 5.40. The van der Waals surface area contributed by atoms with E-state index in [-0.39, 0.29) is 24.8 Å². The quantitative estimate of drug-likeness (QED) is 0.401. The van der Waals surface area contributed by atoms with Crippen molar-refractivity contribution in [2.24, 2.45) is 11.8 Å². The van der Waals surface area contributed by atoms with Gasteiger partial charge in [-0.25, -0.2) is 0 Å². The zero-order valence-electron chi connectivity index (χ0n) is 19.5. The molecular formula is C26H40Cl2N2O2. The highest BCUT2D eigenvalue weighted by molar-refractivity contribution is 5.85. The van der Waals surface area contributed by atoms with Gasteiger partial charge < -0.3 is 20.1 Å². The normalized spacial score (nSPS) is 17.7. The largest absolute Gasteiger partial charge is 0.493 e. The monoisotopic (exact) mass is 482 g/mol. The van der Waals surface area contributed by atoms with E-state index < -0.39 is 0 Å². The second-order valence-electron chi connectivity index (χ2n) is 8.47. The van der Waals surface area contributed by atoms with Gasteiger partial charge in [0.1, 0.15) is 0 Å². The van der Waals surface area contributed by atoms with Gasteiger partial charge in [-0.05, 0) is 99.8 Å². The van der Waals surface area contributed by atoms with Crippen LogP contribution in [-0.2, 0) is 12.8 Å². The number of rotatable bonds is 12. The molecule has 1 aliphatic carbocycles. The van der Waals surface area contributed by atoms with Crippen LogP contribution in [0.25, 0.3) is 0 Å². The number of hydrogen-bond donors (Lipinski definition) is 2. The highest BCUT2D eigenvalue weighted by Gasteiger charge is 2.20. The summed E-state index contributed by atoms with van der Waals surface area (Å²) in [6.45, 7) is 4.41. The number of hydrogen-bond acceptors (Lipinski definition) is 4. The van der Waals surface area contributed by atoms with Crippen LogP contribution in [0.15, 0.2) is 48.5 Å². The first-order valence-electron chi connectivity index (χ1n) is 11.4. The predicted molar refractivity (Wildman–Crippen MR) is 139 cm³/mol.